The van der Waals surface area contributed by atoms with Crippen molar-refractivity contribution >= 4 is 11.9 Å². The molecular formula is C18H21NO5. The van der Waals surface area contributed by atoms with Gasteiger partial charge in [0.2, 0.25) is 12.7 Å². The van der Waals surface area contributed by atoms with E-state index >= 15 is 0 Å². The third kappa shape index (κ3) is 2.08. The fraction of sp³-hybridized carbons (Fsp3) is 0.556. The molecule has 0 unspecified atom stereocenters. The van der Waals surface area contributed by atoms with Crippen molar-refractivity contribution in [3.63, 3.8) is 0 Å². The van der Waals surface area contributed by atoms with Crippen LogP contribution in [0.15, 0.2) is 18.2 Å². The van der Waals surface area contributed by atoms with E-state index in [9.17, 15) is 14.7 Å². The number of amides is 1. The molecule has 0 aromatic heterocycles. The lowest BCUT2D eigenvalue weighted by Gasteiger charge is -2.32. The van der Waals surface area contributed by atoms with Gasteiger partial charge in [0, 0.05) is 12.1 Å². The molecule has 3 heterocycles. The van der Waals surface area contributed by atoms with Gasteiger partial charge in [0.25, 0.3) is 0 Å². The summed E-state index contributed by atoms with van der Waals surface area (Å²) in [4.78, 5) is 26.5. The molecule has 3 aliphatic rings. The first-order valence-corrected chi connectivity index (χ1v) is 8.48. The van der Waals surface area contributed by atoms with E-state index in [-0.39, 0.29) is 31.2 Å². The number of nitrogens with zero attached hydrogens (tertiary/aromatic N) is 1. The molecule has 6 heteroatoms. The van der Waals surface area contributed by atoms with Gasteiger partial charge in [0.15, 0.2) is 11.5 Å². The number of rotatable bonds is 4. The van der Waals surface area contributed by atoms with Crippen LogP contribution in [-0.2, 0) is 16.0 Å². The molecule has 0 radical (unpaired) electrons. The molecule has 3 aliphatic heterocycles. The van der Waals surface area contributed by atoms with Gasteiger partial charge >= 0.3 is 5.97 Å². The van der Waals surface area contributed by atoms with Crippen LogP contribution < -0.4 is 9.47 Å². The minimum atomic E-state index is -0.770. The molecule has 2 fully saturated rings. The summed E-state index contributed by atoms with van der Waals surface area (Å²) >= 11 is 0. The number of hydrogen-bond acceptors (Lipinski definition) is 4. The number of ether oxygens (including phenoxy) is 2. The summed E-state index contributed by atoms with van der Waals surface area (Å²) < 4.78 is 10.6. The van der Waals surface area contributed by atoms with Crippen LogP contribution in [0.3, 0.4) is 0 Å². The number of carbonyl (C=O) groups excluding carboxylic acids is 1. The van der Waals surface area contributed by atoms with E-state index < -0.39 is 11.4 Å². The molecule has 1 N–H and O–H groups in total. The smallest absolute Gasteiger partial charge is 0.311 e. The van der Waals surface area contributed by atoms with Crippen molar-refractivity contribution in [3.05, 3.63) is 23.8 Å². The van der Waals surface area contributed by atoms with E-state index in [1.165, 1.54) is 0 Å². The van der Waals surface area contributed by atoms with Crippen LogP contribution in [0.1, 0.15) is 38.2 Å². The van der Waals surface area contributed by atoms with E-state index in [4.69, 9.17) is 9.47 Å². The largest absolute Gasteiger partial charge is 0.481 e. The normalized spacial score (nSPS) is 30.0. The van der Waals surface area contributed by atoms with Crippen LogP contribution >= 0.6 is 0 Å². The monoisotopic (exact) mass is 331 g/mol. The second-order valence-corrected chi connectivity index (χ2v) is 6.93. The molecule has 1 aromatic carbocycles. The van der Waals surface area contributed by atoms with E-state index in [2.05, 4.69) is 0 Å². The van der Waals surface area contributed by atoms with Gasteiger partial charge < -0.3 is 19.5 Å². The summed E-state index contributed by atoms with van der Waals surface area (Å²) in [7, 11) is 0. The van der Waals surface area contributed by atoms with Crippen LogP contribution in [0.25, 0.3) is 0 Å². The highest BCUT2D eigenvalue weighted by Crippen LogP contribution is 2.52. The molecule has 6 nitrogen and oxygen atoms in total. The molecule has 24 heavy (non-hydrogen) atoms. The highest BCUT2D eigenvalue weighted by molar-refractivity contribution is 5.84. The van der Waals surface area contributed by atoms with Crippen LogP contribution in [0.5, 0.6) is 11.5 Å². The second kappa shape index (κ2) is 5.40. The highest BCUT2D eigenvalue weighted by Gasteiger charge is 2.60. The first kappa shape index (κ1) is 15.3. The highest BCUT2D eigenvalue weighted by atomic mass is 16.7. The summed E-state index contributed by atoms with van der Waals surface area (Å²) in [5, 5.41) is 9.71. The van der Waals surface area contributed by atoms with Gasteiger partial charge in [0.05, 0.1) is 11.8 Å². The van der Waals surface area contributed by atoms with Gasteiger partial charge in [-0.3, -0.25) is 9.59 Å². The lowest BCUT2D eigenvalue weighted by atomic mass is 9.72. The van der Waals surface area contributed by atoms with Crippen molar-refractivity contribution < 1.29 is 24.2 Å². The van der Waals surface area contributed by atoms with E-state index in [0.29, 0.717) is 24.3 Å². The zero-order valence-electron chi connectivity index (χ0n) is 13.7. The molecule has 2 saturated heterocycles. The number of aliphatic carboxylic acids is 1. The van der Waals surface area contributed by atoms with Gasteiger partial charge in [-0.25, -0.2) is 0 Å². The van der Waals surface area contributed by atoms with Crippen LogP contribution in [-0.4, -0.2) is 40.8 Å². The van der Waals surface area contributed by atoms with Gasteiger partial charge in [-0.15, -0.1) is 0 Å². The molecule has 0 spiro atoms. The van der Waals surface area contributed by atoms with Crippen molar-refractivity contribution in [3.8, 4) is 11.5 Å². The predicted octanol–water partition coefficient (Wildman–Crippen LogP) is 2.20. The topological polar surface area (TPSA) is 76.1 Å². The Morgan fingerprint density at radius 1 is 1.29 bits per heavy atom. The molecule has 128 valence electrons. The Morgan fingerprint density at radius 3 is 2.79 bits per heavy atom. The third-order valence-electron chi connectivity index (χ3n) is 5.88. The summed E-state index contributed by atoms with van der Waals surface area (Å²) in [6.45, 7) is 2.12. The van der Waals surface area contributed by atoms with Crippen molar-refractivity contribution in [2.45, 2.75) is 51.1 Å². The number of carbonyl (C=O) groups is 2. The average molecular weight is 331 g/mol. The number of benzene rings is 1. The van der Waals surface area contributed by atoms with Crippen molar-refractivity contribution in [2.75, 3.05) is 6.79 Å². The Hall–Kier alpha value is -2.24. The standard InChI is InChI=1S/C18H21NO5/c1-2-18(17(21)22)9-12-4-6-15(18)19(12)16(20)8-11-3-5-13-14(7-11)24-10-23-13/h3,5,7,12,15H,2,4,6,8-10H2,1H3,(H,21,22)/t12-,15+,18+/m0/s1. The molecule has 1 aromatic rings. The van der Waals surface area contributed by atoms with E-state index in [1.807, 2.05) is 30.0 Å². The maximum Gasteiger partial charge on any atom is 0.311 e. The summed E-state index contributed by atoms with van der Waals surface area (Å²) in [6.07, 6.45) is 3.11. The molecule has 1 amide bonds. The molecule has 3 atom stereocenters. The summed E-state index contributed by atoms with van der Waals surface area (Å²) in [6, 6.07) is 5.41. The Bertz CT molecular complexity index is 703. The van der Waals surface area contributed by atoms with Gasteiger partial charge in [-0.2, -0.15) is 0 Å². The quantitative estimate of drug-likeness (QED) is 0.915. The Morgan fingerprint density at radius 2 is 2.08 bits per heavy atom. The Balaban J connectivity index is 1.54. The Kier molecular flexibility index (Phi) is 3.44. The average Bonchev–Trinajstić information content (AvgIpc) is 3.26. The summed E-state index contributed by atoms with van der Waals surface area (Å²) in [5.74, 6) is 0.609. The van der Waals surface area contributed by atoms with Gasteiger partial charge in [-0.05, 0) is 43.4 Å². The number of carboxylic acid groups (broad SMARTS) is 1. The fourth-order valence-electron chi connectivity index (χ4n) is 4.64. The second-order valence-electron chi connectivity index (χ2n) is 6.93. The lowest BCUT2D eigenvalue weighted by molar-refractivity contribution is -0.151. The lowest BCUT2D eigenvalue weighted by Crippen LogP contribution is -2.45. The minimum Gasteiger partial charge on any atom is -0.481 e. The first-order chi connectivity index (χ1) is 11.5. The minimum absolute atomic E-state index is 0.0120. The summed E-state index contributed by atoms with van der Waals surface area (Å²) in [5.41, 5.74) is 0.0981. The first-order valence-electron chi connectivity index (χ1n) is 8.48. The van der Waals surface area contributed by atoms with E-state index in [1.54, 1.807) is 0 Å². The zero-order valence-corrected chi connectivity index (χ0v) is 13.7. The SMILES string of the molecule is CC[C@@]1(C(=O)O)C[C@@H]2CC[C@H]1N2C(=O)Cc1ccc2c(c1)OCO2. The zero-order chi connectivity index (χ0) is 16.9. The van der Waals surface area contributed by atoms with Crippen LogP contribution in [0.2, 0.25) is 0 Å². The van der Waals surface area contributed by atoms with Crippen LogP contribution in [0.4, 0.5) is 0 Å². The van der Waals surface area contributed by atoms with Crippen molar-refractivity contribution in [1.29, 1.82) is 0 Å². The number of carboxylic acids is 1. The third-order valence-corrected chi connectivity index (χ3v) is 5.88. The number of hydrogen-bond donors (Lipinski definition) is 1. The maximum absolute atomic E-state index is 12.9. The maximum atomic E-state index is 12.9. The fourth-order valence-corrected chi connectivity index (χ4v) is 4.64. The molecule has 0 saturated carbocycles. The molecule has 2 bridgehead atoms. The van der Waals surface area contributed by atoms with Gasteiger partial charge in [-0.1, -0.05) is 13.0 Å². The van der Waals surface area contributed by atoms with Crippen LogP contribution in [0, 0.1) is 5.41 Å². The van der Waals surface area contributed by atoms with E-state index in [0.717, 1.165) is 18.4 Å². The predicted molar refractivity (Wildman–Crippen MR) is 84.9 cm³/mol. The molecular weight excluding hydrogens is 310 g/mol. The molecule has 4 rings (SSSR count). The molecule has 0 aliphatic carbocycles. The number of fused-ring (bicyclic) bond motifs is 3. The van der Waals surface area contributed by atoms with Gasteiger partial charge in [0.1, 0.15) is 0 Å². The van der Waals surface area contributed by atoms with Crippen molar-refractivity contribution in [1.82, 2.24) is 4.90 Å². The van der Waals surface area contributed by atoms with Crippen molar-refractivity contribution in [2.24, 2.45) is 5.41 Å². The Labute approximate surface area is 140 Å².